The van der Waals surface area contributed by atoms with E-state index < -0.39 is 5.57 Å². The van der Waals surface area contributed by atoms with Gasteiger partial charge in [0.05, 0.1) is 5.57 Å². The van der Waals surface area contributed by atoms with Crippen LogP contribution in [0.3, 0.4) is 0 Å². The molecule has 1 aliphatic heterocycles. The van der Waals surface area contributed by atoms with Crippen molar-refractivity contribution < 1.29 is 4.39 Å². The minimum Gasteiger partial charge on any atom is -0.302 e. The maximum Gasteiger partial charge on any atom is 0.122 e. The van der Waals surface area contributed by atoms with E-state index in [-0.39, 0.29) is 5.41 Å². The molecule has 72 valence electrons. The Morgan fingerprint density at radius 3 is 2.31 bits per heavy atom. The summed E-state index contributed by atoms with van der Waals surface area (Å²) >= 11 is 0. The minimum absolute atomic E-state index is 0.198. The van der Waals surface area contributed by atoms with Gasteiger partial charge < -0.3 is 4.90 Å². The zero-order valence-electron chi connectivity index (χ0n) is 8.68. The van der Waals surface area contributed by atoms with Gasteiger partial charge in [-0.1, -0.05) is 13.8 Å². The molecule has 3 heteroatoms. The number of halogens is 1. The Morgan fingerprint density at radius 2 is 2.08 bits per heavy atom. The Kier molecular flexibility index (Phi) is 1.83. The third-order valence-electron chi connectivity index (χ3n) is 3.84. The second-order valence-corrected chi connectivity index (χ2v) is 5.25. The van der Waals surface area contributed by atoms with Crippen molar-refractivity contribution in [3.63, 3.8) is 0 Å². The van der Waals surface area contributed by atoms with Gasteiger partial charge in [0, 0.05) is 18.0 Å². The van der Waals surface area contributed by atoms with Crippen molar-refractivity contribution >= 4 is 7.85 Å². The standard InChI is InChI=1S/C10H17BFN/c1-7(2)8-4-9(6-13(8)3)5-10(9,11)12/h7-8H,4-6H2,1-3H3. The fourth-order valence-electron chi connectivity index (χ4n) is 2.84. The van der Waals surface area contributed by atoms with Crippen LogP contribution in [-0.2, 0) is 0 Å². The van der Waals surface area contributed by atoms with Crippen LogP contribution in [0.1, 0.15) is 26.7 Å². The maximum atomic E-state index is 13.5. The molecule has 0 amide bonds. The van der Waals surface area contributed by atoms with Gasteiger partial charge in [0.1, 0.15) is 7.85 Å². The first kappa shape index (κ1) is 9.51. The molecule has 0 aromatic heterocycles. The summed E-state index contributed by atoms with van der Waals surface area (Å²) < 4.78 is 13.5. The Labute approximate surface area is 81.1 Å². The molecule has 1 aliphatic carbocycles. The zero-order valence-corrected chi connectivity index (χ0v) is 8.68. The number of rotatable bonds is 1. The quantitative estimate of drug-likeness (QED) is 0.555. The molecule has 1 saturated carbocycles. The second kappa shape index (κ2) is 2.50. The third kappa shape index (κ3) is 1.24. The lowest BCUT2D eigenvalue weighted by Crippen LogP contribution is -2.29. The maximum absolute atomic E-state index is 13.5. The fourth-order valence-corrected chi connectivity index (χ4v) is 2.84. The van der Waals surface area contributed by atoms with E-state index >= 15 is 0 Å². The topological polar surface area (TPSA) is 3.24 Å². The Balaban J connectivity index is 2.09. The van der Waals surface area contributed by atoms with Crippen molar-refractivity contribution in [3.05, 3.63) is 0 Å². The van der Waals surface area contributed by atoms with Crippen molar-refractivity contribution in [2.45, 2.75) is 38.3 Å². The average Bonchev–Trinajstić information content (AvgIpc) is 2.36. The number of hydrogen-bond donors (Lipinski definition) is 0. The van der Waals surface area contributed by atoms with Gasteiger partial charge in [-0.2, -0.15) is 0 Å². The summed E-state index contributed by atoms with van der Waals surface area (Å²) in [5, 5.41) is 0. The van der Waals surface area contributed by atoms with Crippen LogP contribution in [0.4, 0.5) is 4.39 Å². The monoisotopic (exact) mass is 181 g/mol. The van der Waals surface area contributed by atoms with E-state index in [2.05, 4.69) is 25.8 Å². The van der Waals surface area contributed by atoms with Crippen LogP contribution in [0.2, 0.25) is 0 Å². The molecule has 0 aromatic rings. The molecule has 2 rings (SSSR count). The fraction of sp³-hybridized carbons (Fsp3) is 1.00. The molecule has 1 nitrogen and oxygen atoms in total. The lowest BCUT2D eigenvalue weighted by molar-refractivity contribution is 0.248. The van der Waals surface area contributed by atoms with E-state index in [1.807, 2.05) is 0 Å². The normalized spacial score (nSPS) is 50.7. The highest BCUT2D eigenvalue weighted by atomic mass is 19.1. The lowest BCUT2D eigenvalue weighted by atomic mass is 9.85. The van der Waals surface area contributed by atoms with Crippen LogP contribution in [0, 0.1) is 11.3 Å². The molecule has 0 bridgehead atoms. The first-order valence-electron chi connectivity index (χ1n) is 5.06. The van der Waals surface area contributed by atoms with Gasteiger partial charge in [-0.15, -0.1) is 0 Å². The number of nitrogens with zero attached hydrogens (tertiary/aromatic N) is 1. The highest BCUT2D eigenvalue weighted by Crippen LogP contribution is 2.63. The van der Waals surface area contributed by atoms with Gasteiger partial charge in [-0.25, -0.2) is 0 Å². The molecule has 13 heavy (non-hydrogen) atoms. The van der Waals surface area contributed by atoms with Gasteiger partial charge >= 0.3 is 0 Å². The van der Waals surface area contributed by atoms with Crippen LogP contribution >= 0.6 is 0 Å². The van der Waals surface area contributed by atoms with Crippen LogP contribution in [0.5, 0.6) is 0 Å². The van der Waals surface area contributed by atoms with Crippen molar-refractivity contribution in [2.24, 2.45) is 11.3 Å². The second-order valence-electron chi connectivity index (χ2n) is 5.25. The van der Waals surface area contributed by atoms with Crippen molar-refractivity contribution in [3.8, 4) is 0 Å². The molecule has 1 heterocycles. The molecule has 2 radical (unpaired) electrons. The van der Waals surface area contributed by atoms with Crippen molar-refractivity contribution in [1.29, 1.82) is 0 Å². The van der Waals surface area contributed by atoms with Crippen LogP contribution in [0.15, 0.2) is 0 Å². The molecule has 3 unspecified atom stereocenters. The predicted octanol–water partition coefficient (Wildman–Crippen LogP) is 1.57. The van der Waals surface area contributed by atoms with E-state index in [9.17, 15) is 4.39 Å². The largest absolute Gasteiger partial charge is 0.302 e. The Morgan fingerprint density at radius 1 is 1.54 bits per heavy atom. The molecule has 2 fully saturated rings. The van der Waals surface area contributed by atoms with Gasteiger partial charge in [0.2, 0.25) is 0 Å². The molecule has 3 atom stereocenters. The number of alkyl halides is 1. The van der Waals surface area contributed by atoms with Gasteiger partial charge in [0.25, 0.3) is 0 Å². The van der Waals surface area contributed by atoms with E-state index in [0.717, 1.165) is 13.0 Å². The Bertz CT molecular complexity index is 229. The smallest absolute Gasteiger partial charge is 0.122 e. The summed E-state index contributed by atoms with van der Waals surface area (Å²) in [7, 11) is 7.61. The van der Waals surface area contributed by atoms with E-state index in [0.29, 0.717) is 18.4 Å². The lowest BCUT2D eigenvalue weighted by Gasteiger charge is -2.22. The molecular weight excluding hydrogens is 164 g/mol. The van der Waals surface area contributed by atoms with Gasteiger partial charge in [-0.3, -0.25) is 4.39 Å². The summed E-state index contributed by atoms with van der Waals surface area (Å²) in [5.41, 5.74) is -1.57. The van der Waals surface area contributed by atoms with E-state index in [1.54, 1.807) is 0 Å². The SMILES string of the molecule is [B]C1(F)CC12CC(C(C)C)N(C)C2. The van der Waals surface area contributed by atoms with Crippen molar-refractivity contribution in [1.82, 2.24) is 4.90 Å². The minimum atomic E-state index is -1.37. The molecule has 0 aromatic carbocycles. The highest BCUT2D eigenvalue weighted by Gasteiger charge is 2.68. The first-order valence-corrected chi connectivity index (χ1v) is 5.06. The Hall–Kier alpha value is -0.0451. The molecule has 1 spiro atoms. The number of hydrogen-bond acceptors (Lipinski definition) is 1. The van der Waals surface area contributed by atoms with E-state index in [1.165, 1.54) is 0 Å². The zero-order chi connectivity index (χ0) is 9.85. The molecule has 2 aliphatic rings. The molecular formula is C10H17BFN. The van der Waals surface area contributed by atoms with Crippen molar-refractivity contribution in [2.75, 3.05) is 13.6 Å². The first-order chi connectivity index (χ1) is 5.88. The van der Waals surface area contributed by atoms with E-state index in [4.69, 9.17) is 7.85 Å². The summed E-state index contributed by atoms with van der Waals surface area (Å²) in [6.45, 7) is 5.22. The van der Waals surface area contributed by atoms with Gasteiger partial charge in [0.15, 0.2) is 0 Å². The summed E-state index contributed by atoms with van der Waals surface area (Å²) in [6, 6.07) is 0.515. The van der Waals surface area contributed by atoms with Crippen LogP contribution in [0.25, 0.3) is 0 Å². The third-order valence-corrected chi connectivity index (χ3v) is 3.84. The van der Waals surface area contributed by atoms with Crippen LogP contribution in [-0.4, -0.2) is 37.9 Å². The summed E-state index contributed by atoms with van der Waals surface area (Å²) in [5.74, 6) is 0.598. The molecule has 1 saturated heterocycles. The summed E-state index contributed by atoms with van der Waals surface area (Å²) in [4.78, 5) is 2.26. The summed E-state index contributed by atoms with van der Waals surface area (Å²) in [6.07, 6.45) is 1.50. The molecule has 0 N–H and O–H groups in total. The number of likely N-dealkylation sites (tertiary alicyclic amines) is 1. The predicted molar refractivity (Wildman–Crippen MR) is 52.5 cm³/mol. The highest BCUT2D eigenvalue weighted by molar-refractivity contribution is 6.17. The van der Waals surface area contributed by atoms with Crippen LogP contribution < -0.4 is 0 Å². The van der Waals surface area contributed by atoms with Gasteiger partial charge in [-0.05, 0) is 25.8 Å². The average molecular weight is 181 g/mol.